The minimum Gasteiger partial charge on any atom is -0.0616 e. The molecule has 6 aromatic carbocycles. The molecule has 0 heterocycles. The summed E-state index contributed by atoms with van der Waals surface area (Å²) in [5.74, 6) is 0. The number of rotatable bonds is 2. The van der Waals surface area contributed by atoms with Gasteiger partial charge in [-0.15, -0.1) is 0 Å². The second-order valence-electron chi connectivity index (χ2n) is 7.41. The van der Waals surface area contributed by atoms with Crippen LogP contribution in [0.1, 0.15) is 11.1 Å². The zero-order valence-electron chi connectivity index (χ0n) is 15.4. The van der Waals surface area contributed by atoms with Crippen LogP contribution < -0.4 is 0 Å². The summed E-state index contributed by atoms with van der Waals surface area (Å²) in [7, 11) is 0. The zero-order valence-corrected chi connectivity index (χ0v) is 15.4. The Bertz CT molecular complexity index is 1480. The van der Waals surface area contributed by atoms with Crippen LogP contribution in [-0.4, -0.2) is 0 Å². The van der Waals surface area contributed by atoms with Crippen LogP contribution in [0.3, 0.4) is 0 Å². The van der Waals surface area contributed by atoms with E-state index in [2.05, 4.69) is 109 Å². The van der Waals surface area contributed by atoms with E-state index < -0.39 is 0 Å². The van der Waals surface area contributed by atoms with Crippen LogP contribution in [0.25, 0.3) is 55.2 Å². The Balaban J connectivity index is 1.59. The van der Waals surface area contributed by atoms with Crippen molar-refractivity contribution >= 4 is 55.2 Å². The van der Waals surface area contributed by atoms with Crippen molar-refractivity contribution in [3.8, 4) is 0 Å². The number of hydrogen-bond acceptors (Lipinski definition) is 0. The topological polar surface area (TPSA) is 0 Å². The lowest BCUT2D eigenvalue weighted by Gasteiger charge is -2.12. The lowest BCUT2D eigenvalue weighted by atomic mass is 9.91. The van der Waals surface area contributed by atoms with Gasteiger partial charge in [-0.1, -0.05) is 109 Å². The van der Waals surface area contributed by atoms with Crippen molar-refractivity contribution in [1.29, 1.82) is 0 Å². The molecule has 0 aliphatic heterocycles. The van der Waals surface area contributed by atoms with E-state index in [9.17, 15) is 0 Å². The molecule has 0 fully saturated rings. The minimum absolute atomic E-state index is 1.25. The molecule has 0 spiro atoms. The third-order valence-corrected chi connectivity index (χ3v) is 5.83. The van der Waals surface area contributed by atoms with Crippen molar-refractivity contribution in [3.05, 3.63) is 108 Å². The van der Waals surface area contributed by atoms with E-state index in [4.69, 9.17) is 0 Å². The molecule has 0 amide bonds. The molecule has 0 radical (unpaired) electrons. The number of fused-ring (bicyclic) bond motifs is 1. The Labute approximate surface area is 163 Å². The third kappa shape index (κ3) is 2.25. The van der Waals surface area contributed by atoms with Crippen LogP contribution >= 0.6 is 0 Å². The first-order chi connectivity index (χ1) is 13.9. The van der Waals surface area contributed by atoms with Crippen molar-refractivity contribution in [1.82, 2.24) is 0 Å². The fraction of sp³-hybridized carbons (Fsp3) is 0. The van der Waals surface area contributed by atoms with Crippen LogP contribution in [0.15, 0.2) is 97.1 Å². The summed E-state index contributed by atoms with van der Waals surface area (Å²) >= 11 is 0. The Morgan fingerprint density at radius 1 is 0.357 bits per heavy atom. The predicted molar refractivity (Wildman–Crippen MR) is 123 cm³/mol. The van der Waals surface area contributed by atoms with Crippen molar-refractivity contribution < 1.29 is 0 Å². The van der Waals surface area contributed by atoms with Gasteiger partial charge < -0.3 is 0 Å². The summed E-state index contributed by atoms with van der Waals surface area (Å²) in [5.41, 5.74) is 2.52. The van der Waals surface area contributed by atoms with Gasteiger partial charge in [0, 0.05) is 0 Å². The molecule has 0 heteroatoms. The van der Waals surface area contributed by atoms with E-state index in [1.807, 2.05) is 0 Å². The SMILES string of the molecule is C(=Cc1ccc2ccc3cccc4ccc1c2c34)c1cccc2ccccc12. The molecule has 6 aromatic rings. The summed E-state index contributed by atoms with van der Waals surface area (Å²) in [6, 6.07) is 35.1. The molecule has 6 rings (SSSR count). The van der Waals surface area contributed by atoms with Crippen molar-refractivity contribution in [3.63, 3.8) is 0 Å². The first kappa shape index (κ1) is 15.4. The average Bonchev–Trinajstić information content (AvgIpc) is 2.76. The van der Waals surface area contributed by atoms with E-state index in [-0.39, 0.29) is 0 Å². The summed E-state index contributed by atoms with van der Waals surface area (Å²) in [5, 5.41) is 10.6. The lowest BCUT2D eigenvalue weighted by molar-refractivity contribution is 1.71. The Morgan fingerprint density at radius 2 is 0.929 bits per heavy atom. The normalized spacial score (nSPS) is 12.1. The van der Waals surface area contributed by atoms with Crippen molar-refractivity contribution in [2.24, 2.45) is 0 Å². The minimum atomic E-state index is 1.25. The second-order valence-corrected chi connectivity index (χ2v) is 7.41. The van der Waals surface area contributed by atoms with Gasteiger partial charge in [-0.25, -0.2) is 0 Å². The Kier molecular flexibility index (Phi) is 3.27. The predicted octanol–water partition coefficient (Wildman–Crippen LogP) is 7.91. The quantitative estimate of drug-likeness (QED) is 0.219. The van der Waals surface area contributed by atoms with Gasteiger partial charge in [-0.2, -0.15) is 0 Å². The number of hydrogen-bond donors (Lipinski definition) is 0. The molecule has 0 aliphatic carbocycles. The molecule has 0 N–H and O–H groups in total. The van der Waals surface area contributed by atoms with E-state index in [0.717, 1.165) is 0 Å². The van der Waals surface area contributed by atoms with E-state index in [1.54, 1.807) is 0 Å². The molecule has 0 unspecified atom stereocenters. The van der Waals surface area contributed by atoms with Gasteiger partial charge in [0.2, 0.25) is 0 Å². The highest BCUT2D eigenvalue weighted by Gasteiger charge is 2.09. The number of benzene rings is 6. The first-order valence-corrected chi connectivity index (χ1v) is 9.71. The van der Waals surface area contributed by atoms with Crippen LogP contribution in [0.5, 0.6) is 0 Å². The maximum Gasteiger partial charge on any atom is -0.00208 e. The van der Waals surface area contributed by atoms with Gasteiger partial charge in [0.15, 0.2) is 0 Å². The van der Waals surface area contributed by atoms with Gasteiger partial charge in [-0.05, 0) is 54.2 Å². The van der Waals surface area contributed by atoms with Crippen molar-refractivity contribution in [2.75, 3.05) is 0 Å². The van der Waals surface area contributed by atoms with Gasteiger partial charge >= 0.3 is 0 Å². The molecule has 0 aromatic heterocycles. The highest BCUT2D eigenvalue weighted by atomic mass is 14.1. The van der Waals surface area contributed by atoms with Crippen molar-refractivity contribution in [2.45, 2.75) is 0 Å². The standard InChI is InChI=1S/C28H18/c1-2-10-25-19(5-1)6-3-7-20(25)11-12-21-13-14-24-16-15-22-8-4-9-23-17-18-26(21)28(24)27(22)23/h1-18H. The third-order valence-electron chi connectivity index (χ3n) is 5.83. The highest BCUT2D eigenvalue weighted by molar-refractivity contribution is 6.24. The summed E-state index contributed by atoms with van der Waals surface area (Å²) in [6.45, 7) is 0. The van der Waals surface area contributed by atoms with E-state index in [0.29, 0.717) is 0 Å². The van der Waals surface area contributed by atoms with E-state index >= 15 is 0 Å². The zero-order chi connectivity index (χ0) is 18.5. The molecular formula is C28H18. The van der Waals surface area contributed by atoms with Gasteiger partial charge in [-0.3, -0.25) is 0 Å². The van der Waals surface area contributed by atoms with Gasteiger partial charge in [0.05, 0.1) is 0 Å². The molecule has 0 atom stereocenters. The fourth-order valence-corrected chi connectivity index (χ4v) is 4.48. The highest BCUT2D eigenvalue weighted by Crippen LogP contribution is 2.36. The lowest BCUT2D eigenvalue weighted by Crippen LogP contribution is -1.86. The summed E-state index contributed by atoms with van der Waals surface area (Å²) in [4.78, 5) is 0. The largest absolute Gasteiger partial charge is 0.0616 e. The average molecular weight is 354 g/mol. The van der Waals surface area contributed by atoms with Gasteiger partial charge in [0.1, 0.15) is 0 Å². The fourth-order valence-electron chi connectivity index (χ4n) is 4.48. The van der Waals surface area contributed by atoms with Gasteiger partial charge in [0.25, 0.3) is 0 Å². The molecule has 0 saturated heterocycles. The molecular weight excluding hydrogens is 336 g/mol. The van der Waals surface area contributed by atoms with Crippen LogP contribution in [-0.2, 0) is 0 Å². The van der Waals surface area contributed by atoms with Crippen LogP contribution in [0, 0.1) is 0 Å². The molecule has 130 valence electrons. The molecule has 0 nitrogen and oxygen atoms in total. The van der Waals surface area contributed by atoms with E-state index in [1.165, 1.54) is 54.2 Å². The maximum atomic E-state index is 2.27. The van der Waals surface area contributed by atoms with Crippen LogP contribution in [0.2, 0.25) is 0 Å². The van der Waals surface area contributed by atoms with Crippen LogP contribution in [0.4, 0.5) is 0 Å². The molecule has 0 saturated carbocycles. The second kappa shape index (κ2) is 5.94. The maximum absolute atomic E-state index is 2.27. The molecule has 0 aliphatic rings. The Hall–Kier alpha value is -3.64. The smallest absolute Gasteiger partial charge is 0.00208 e. The molecule has 28 heavy (non-hydrogen) atoms. The summed E-state index contributed by atoms with van der Waals surface area (Å²) in [6.07, 6.45) is 4.50. The summed E-state index contributed by atoms with van der Waals surface area (Å²) < 4.78 is 0. The first-order valence-electron chi connectivity index (χ1n) is 9.71. The Morgan fingerprint density at radius 3 is 1.79 bits per heavy atom. The monoisotopic (exact) mass is 354 g/mol. The molecule has 0 bridgehead atoms.